The molecule has 1 unspecified atom stereocenters. The molecule has 1 aromatic rings. The molecule has 0 aromatic heterocycles. The maximum atomic E-state index is 5.84. The molecule has 1 atom stereocenters. The van der Waals surface area contributed by atoms with Gasteiger partial charge in [-0.1, -0.05) is 32.0 Å². The lowest BCUT2D eigenvalue weighted by Gasteiger charge is -2.22. The van der Waals surface area contributed by atoms with Gasteiger partial charge in [-0.3, -0.25) is 0 Å². The van der Waals surface area contributed by atoms with Gasteiger partial charge >= 0.3 is 0 Å². The van der Waals surface area contributed by atoms with Crippen LogP contribution in [0.25, 0.3) is 0 Å². The van der Waals surface area contributed by atoms with Gasteiger partial charge in [0.15, 0.2) is 0 Å². The van der Waals surface area contributed by atoms with Crippen molar-refractivity contribution < 1.29 is 4.74 Å². The third kappa shape index (κ3) is 3.13. The number of methoxy groups -OCH3 is 1. The fraction of sp³-hybridized carbons (Fsp3) is 0.538. The Morgan fingerprint density at radius 1 is 1.27 bits per heavy atom. The second kappa shape index (κ2) is 6.02. The number of hydrogen-bond acceptors (Lipinski definition) is 1. The first-order chi connectivity index (χ1) is 7.20. The highest BCUT2D eigenvalue weighted by Gasteiger charge is 2.18. The second-order valence-electron chi connectivity index (χ2n) is 4.07. The van der Waals surface area contributed by atoms with Crippen molar-refractivity contribution in [2.24, 2.45) is 5.92 Å². The fourth-order valence-corrected chi connectivity index (χ4v) is 2.17. The number of halogens is 1. The van der Waals surface area contributed by atoms with E-state index in [0.29, 0.717) is 17.7 Å². The lowest BCUT2D eigenvalue weighted by atomic mass is 9.86. The molecular formula is C13H19ClO. The molecule has 84 valence electrons. The highest BCUT2D eigenvalue weighted by atomic mass is 35.5. The molecule has 0 fully saturated rings. The molecule has 1 aromatic carbocycles. The molecule has 0 bridgehead atoms. The van der Waals surface area contributed by atoms with E-state index in [1.165, 1.54) is 5.56 Å². The first-order valence-electron chi connectivity index (χ1n) is 5.39. The van der Waals surface area contributed by atoms with Gasteiger partial charge in [0, 0.05) is 5.88 Å². The van der Waals surface area contributed by atoms with Gasteiger partial charge in [-0.2, -0.15) is 0 Å². The summed E-state index contributed by atoms with van der Waals surface area (Å²) in [6.07, 6.45) is 1.000. The number of benzene rings is 1. The minimum Gasteiger partial charge on any atom is -0.496 e. The number of rotatable bonds is 5. The molecule has 0 aliphatic rings. The van der Waals surface area contributed by atoms with Crippen molar-refractivity contribution in [3.63, 3.8) is 0 Å². The molecule has 0 N–H and O–H groups in total. The summed E-state index contributed by atoms with van der Waals surface area (Å²) in [5, 5.41) is 0. The minimum atomic E-state index is 0.485. The summed E-state index contributed by atoms with van der Waals surface area (Å²) in [5.74, 6) is 2.74. The van der Waals surface area contributed by atoms with E-state index in [-0.39, 0.29) is 0 Å². The third-order valence-electron chi connectivity index (χ3n) is 2.76. The molecule has 1 nitrogen and oxygen atoms in total. The van der Waals surface area contributed by atoms with Crippen LogP contribution in [0.15, 0.2) is 24.3 Å². The smallest absolute Gasteiger partial charge is 0.122 e. The van der Waals surface area contributed by atoms with Crippen LogP contribution in [0.1, 0.15) is 31.7 Å². The minimum absolute atomic E-state index is 0.485. The third-order valence-corrected chi connectivity index (χ3v) is 2.98. The average Bonchev–Trinajstić information content (AvgIpc) is 2.25. The Morgan fingerprint density at radius 3 is 2.47 bits per heavy atom. The Hall–Kier alpha value is -0.690. The maximum absolute atomic E-state index is 5.84. The number of ether oxygens (including phenoxy) is 1. The summed E-state index contributed by atoms with van der Waals surface area (Å²) in [4.78, 5) is 0. The zero-order valence-electron chi connectivity index (χ0n) is 9.66. The van der Waals surface area contributed by atoms with E-state index in [1.54, 1.807) is 7.11 Å². The van der Waals surface area contributed by atoms with Crippen LogP contribution >= 0.6 is 11.6 Å². The summed E-state index contributed by atoms with van der Waals surface area (Å²) < 4.78 is 5.38. The van der Waals surface area contributed by atoms with Crippen molar-refractivity contribution in [1.82, 2.24) is 0 Å². The maximum Gasteiger partial charge on any atom is 0.122 e. The van der Waals surface area contributed by atoms with Gasteiger partial charge in [0.05, 0.1) is 7.11 Å². The van der Waals surface area contributed by atoms with Crippen molar-refractivity contribution in [2.75, 3.05) is 13.0 Å². The number of alkyl halides is 1. The first-order valence-corrected chi connectivity index (χ1v) is 5.93. The lowest BCUT2D eigenvalue weighted by molar-refractivity contribution is 0.392. The molecular weight excluding hydrogens is 208 g/mol. The fourth-order valence-electron chi connectivity index (χ4n) is 1.94. The largest absolute Gasteiger partial charge is 0.496 e. The van der Waals surface area contributed by atoms with E-state index in [9.17, 15) is 0 Å². The van der Waals surface area contributed by atoms with Gasteiger partial charge in [-0.05, 0) is 29.9 Å². The highest BCUT2D eigenvalue weighted by Crippen LogP contribution is 2.34. The van der Waals surface area contributed by atoms with Crippen molar-refractivity contribution in [1.29, 1.82) is 0 Å². The van der Waals surface area contributed by atoms with Crippen LogP contribution in [0.2, 0.25) is 0 Å². The van der Waals surface area contributed by atoms with Crippen LogP contribution in [0, 0.1) is 5.92 Å². The molecule has 0 saturated heterocycles. The Kier molecular flexibility index (Phi) is 4.97. The molecule has 0 aliphatic carbocycles. The van der Waals surface area contributed by atoms with E-state index in [0.717, 1.165) is 12.2 Å². The molecule has 0 radical (unpaired) electrons. The Bertz CT molecular complexity index is 296. The van der Waals surface area contributed by atoms with Crippen LogP contribution in [-0.2, 0) is 0 Å². The zero-order chi connectivity index (χ0) is 11.3. The van der Waals surface area contributed by atoms with Crippen molar-refractivity contribution in [3.8, 4) is 5.75 Å². The topological polar surface area (TPSA) is 9.23 Å². The van der Waals surface area contributed by atoms with Gasteiger partial charge in [0.25, 0.3) is 0 Å². The van der Waals surface area contributed by atoms with Gasteiger partial charge in [-0.25, -0.2) is 0 Å². The van der Waals surface area contributed by atoms with Crippen molar-refractivity contribution in [3.05, 3.63) is 29.8 Å². The van der Waals surface area contributed by atoms with Crippen molar-refractivity contribution >= 4 is 11.6 Å². The summed E-state index contributed by atoms with van der Waals surface area (Å²) in [7, 11) is 1.72. The van der Waals surface area contributed by atoms with E-state index >= 15 is 0 Å². The number of hydrogen-bond donors (Lipinski definition) is 0. The second-order valence-corrected chi connectivity index (χ2v) is 4.45. The lowest BCUT2D eigenvalue weighted by Crippen LogP contribution is -2.09. The zero-order valence-corrected chi connectivity index (χ0v) is 10.4. The van der Waals surface area contributed by atoms with Gasteiger partial charge < -0.3 is 4.74 Å². The molecule has 0 amide bonds. The van der Waals surface area contributed by atoms with E-state index in [1.807, 2.05) is 12.1 Å². The SMILES string of the molecule is COc1ccccc1C(CCCl)C(C)C. The average molecular weight is 227 g/mol. The summed E-state index contributed by atoms with van der Waals surface area (Å²) in [6, 6.07) is 8.21. The van der Waals surface area contributed by atoms with Gasteiger partial charge in [0.1, 0.15) is 5.75 Å². The highest BCUT2D eigenvalue weighted by molar-refractivity contribution is 6.17. The van der Waals surface area contributed by atoms with E-state index < -0.39 is 0 Å². The standard InChI is InChI=1S/C13H19ClO/c1-10(2)11(8-9-14)12-6-4-5-7-13(12)15-3/h4-7,10-11H,8-9H2,1-3H3. The Morgan fingerprint density at radius 2 is 1.93 bits per heavy atom. The predicted molar refractivity (Wildman–Crippen MR) is 65.9 cm³/mol. The molecule has 0 spiro atoms. The summed E-state index contributed by atoms with van der Waals surface area (Å²) in [5.41, 5.74) is 1.27. The van der Waals surface area contributed by atoms with Crippen LogP contribution in [0.3, 0.4) is 0 Å². The Balaban J connectivity index is 2.98. The Labute approximate surface area is 97.4 Å². The molecule has 1 rings (SSSR count). The monoisotopic (exact) mass is 226 g/mol. The summed E-state index contributed by atoms with van der Waals surface area (Å²) in [6.45, 7) is 4.45. The molecule has 0 aliphatic heterocycles. The van der Waals surface area contributed by atoms with Gasteiger partial charge in [-0.15, -0.1) is 11.6 Å². The molecule has 2 heteroatoms. The van der Waals surface area contributed by atoms with Gasteiger partial charge in [0.2, 0.25) is 0 Å². The number of para-hydroxylation sites is 1. The quantitative estimate of drug-likeness (QED) is 0.688. The first kappa shape index (κ1) is 12.4. The predicted octanol–water partition coefficient (Wildman–Crippen LogP) is 4.06. The summed E-state index contributed by atoms with van der Waals surface area (Å²) >= 11 is 5.84. The van der Waals surface area contributed by atoms with Crippen LogP contribution in [0.5, 0.6) is 5.75 Å². The molecule has 15 heavy (non-hydrogen) atoms. The normalized spacial score (nSPS) is 12.9. The molecule has 0 saturated carbocycles. The van der Waals surface area contributed by atoms with Crippen molar-refractivity contribution in [2.45, 2.75) is 26.2 Å². The van der Waals surface area contributed by atoms with Crippen LogP contribution < -0.4 is 4.74 Å². The van der Waals surface area contributed by atoms with Crippen LogP contribution in [0.4, 0.5) is 0 Å². The van der Waals surface area contributed by atoms with Crippen LogP contribution in [-0.4, -0.2) is 13.0 Å². The van der Waals surface area contributed by atoms with E-state index in [4.69, 9.17) is 16.3 Å². The molecule has 0 heterocycles. The van der Waals surface area contributed by atoms with E-state index in [2.05, 4.69) is 26.0 Å².